The van der Waals surface area contributed by atoms with Crippen LogP contribution >= 0.6 is 35.1 Å². The highest BCUT2D eigenvalue weighted by Gasteiger charge is 2.70. The molecule has 0 radical (unpaired) electrons. The average molecular weight is 1630 g/mol. The Labute approximate surface area is 658 Å². The third-order valence-corrected chi connectivity index (χ3v) is 28.4. The van der Waals surface area contributed by atoms with E-state index < -0.39 is 107 Å². The molecule has 8 aliphatic carbocycles. The van der Waals surface area contributed by atoms with E-state index in [0.717, 1.165) is 93.7 Å². The van der Waals surface area contributed by atoms with E-state index in [0.29, 0.717) is 82.3 Å². The molecule has 8 fully saturated rings. The number of esters is 2. The van der Waals surface area contributed by atoms with E-state index in [4.69, 9.17) is 48.2 Å². The van der Waals surface area contributed by atoms with Crippen molar-refractivity contribution in [1.29, 1.82) is 0 Å². The highest BCUT2D eigenvalue weighted by Crippen LogP contribution is 2.68. The third kappa shape index (κ3) is 22.7. The summed E-state index contributed by atoms with van der Waals surface area (Å²) in [6.45, 7) is 6.71. The topological polar surface area (TPSA) is 494 Å². The van der Waals surface area contributed by atoms with Crippen molar-refractivity contribution in [3.05, 3.63) is 23.3 Å². The Morgan fingerprint density at radius 3 is 1.91 bits per heavy atom. The summed E-state index contributed by atoms with van der Waals surface area (Å²) in [5.41, 5.74) is 18.1. The van der Waals surface area contributed by atoms with Gasteiger partial charge in [0.2, 0.25) is 29.3 Å². The van der Waals surface area contributed by atoms with Gasteiger partial charge in [-0.05, 0) is 175 Å². The van der Waals surface area contributed by atoms with Gasteiger partial charge in [0, 0.05) is 79.1 Å². The number of carbonyl (C=O) groups excluding carboxylic acids is 12. The van der Waals surface area contributed by atoms with Crippen molar-refractivity contribution in [2.75, 3.05) is 42.9 Å². The second-order valence-electron chi connectivity index (χ2n) is 32.4. The van der Waals surface area contributed by atoms with Gasteiger partial charge in [0.25, 0.3) is 0 Å². The number of nitrogens with zero attached hydrogens (tertiary/aromatic N) is 1. The van der Waals surface area contributed by atoms with Gasteiger partial charge in [-0.25, -0.2) is 9.59 Å². The minimum absolute atomic E-state index is 0.00532. The van der Waals surface area contributed by atoms with Gasteiger partial charge < -0.3 is 73.9 Å². The number of rotatable bonds is 33. The molecule has 111 heavy (non-hydrogen) atoms. The highest BCUT2D eigenvalue weighted by atomic mass is 35.5. The average Bonchev–Trinajstić information content (AvgIpc) is 1.61. The molecule has 28 nitrogen and oxygen atoms in total. The number of guanidine groups is 1. The number of carboxylic acids is 1. The van der Waals surface area contributed by atoms with Gasteiger partial charge in [-0.3, -0.25) is 57.7 Å². The number of nitrogens with one attached hydrogen (secondary N) is 3. The van der Waals surface area contributed by atoms with Crippen LogP contribution in [0.3, 0.4) is 0 Å². The number of carboxylic acid groups (broad SMARTS) is 1. The zero-order chi connectivity index (χ0) is 82.1. The maximum absolute atomic E-state index is 13.8. The van der Waals surface area contributed by atoms with Crippen molar-refractivity contribution in [3.8, 4) is 0 Å². The number of ketones is 6. The van der Waals surface area contributed by atoms with Gasteiger partial charge in [0.1, 0.15) is 22.9 Å². The molecular formula is C77H114ClF3N8O20S2. The van der Waals surface area contributed by atoms with Crippen LogP contribution in [0.2, 0.25) is 0 Å². The predicted octanol–water partition coefficient (Wildman–Crippen LogP) is 6.00. The number of aliphatic imine (C=N–C) groups is 1. The number of allylic oxidation sites excluding steroid dienone is 2. The number of alkyl halides is 4. The number of thioether (sulfide) groups is 2. The zero-order valence-electron chi connectivity index (χ0n) is 63.9. The van der Waals surface area contributed by atoms with Gasteiger partial charge in [-0.2, -0.15) is 24.9 Å². The number of amides is 5. The number of nitrogens with two attached hydrogens (primary N) is 4. The van der Waals surface area contributed by atoms with Crippen LogP contribution in [-0.4, -0.2) is 204 Å². The molecule has 0 aromatic heterocycles. The first-order valence-corrected chi connectivity index (χ1v) is 41.7. The smallest absolute Gasteiger partial charge is 0.475 e. The molecule has 2 aliphatic heterocycles. The van der Waals surface area contributed by atoms with Crippen molar-refractivity contribution in [3.63, 3.8) is 0 Å². The molecule has 10 rings (SSSR count). The van der Waals surface area contributed by atoms with E-state index >= 15 is 0 Å². The molecule has 34 heteroatoms. The molecule has 0 aromatic rings. The van der Waals surface area contributed by atoms with E-state index in [-0.39, 0.29) is 156 Å². The number of Topliss-reactive ketones (excluding diaryl/α,β-unsaturated/α-hetero) is 4. The van der Waals surface area contributed by atoms with Gasteiger partial charge in [-0.1, -0.05) is 58.1 Å². The van der Waals surface area contributed by atoms with Gasteiger partial charge in [0.05, 0.1) is 42.0 Å². The summed E-state index contributed by atoms with van der Waals surface area (Å²) in [6, 6.07) is -0.665. The SMILES string of the molecule is CCC(N)=O.C[C@]12CCC(=O)C=C1CC[C@@H]1[C@@H]2[C@@H](O)C[C@@]2(C)[C@H]1CC[C@]2(O)C(=O)COC(=O)CSC[C@H](CC(=O)[C@@H](CCCN=C(N)N)NC(=O)CCCCCCC(=O)CCCC[C@@H]1SC[C@@H]2NC(=O)N[C@@H]21)C(N)=O.C[C@]12C[C@H](O)[C@@H]3C4CCC(=O)C=C4CC[C@H]3[C@@H]1CC[C@]2(O)C(=O)COC(=O)CCl.O=C(O)C(F)(F)F. The number of halogens is 4. The Hall–Kier alpha value is -6.52. The van der Waals surface area contributed by atoms with Crippen molar-refractivity contribution in [2.24, 2.45) is 91.5 Å². The van der Waals surface area contributed by atoms with Gasteiger partial charge >= 0.3 is 30.1 Å². The number of ether oxygens (including phenoxy) is 2. The molecule has 19 atom stereocenters. The van der Waals surface area contributed by atoms with E-state index in [1.165, 1.54) is 5.57 Å². The lowest BCUT2D eigenvalue weighted by Gasteiger charge is -2.60. The lowest BCUT2D eigenvalue weighted by Crippen LogP contribution is -2.62. The molecular weight excluding hydrogens is 1510 g/mol. The minimum atomic E-state index is -5.08. The fourth-order valence-electron chi connectivity index (χ4n) is 19.9. The summed E-state index contributed by atoms with van der Waals surface area (Å²) >= 11 is 8.31. The Balaban J connectivity index is 0.000000339. The molecule has 5 amide bonds. The lowest BCUT2D eigenvalue weighted by atomic mass is 9.45. The largest absolute Gasteiger partial charge is 0.490 e. The number of carbonyl (C=O) groups is 13. The second kappa shape index (κ2) is 40.2. The molecule has 0 aromatic carbocycles. The van der Waals surface area contributed by atoms with Gasteiger partial charge in [-0.15, -0.1) is 23.4 Å². The summed E-state index contributed by atoms with van der Waals surface area (Å²) in [6.07, 6.45) is 12.5. The molecule has 1 unspecified atom stereocenters. The van der Waals surface area contributed by atoms with Crippen LogP contribution < -0.4 is 38.9 Å². The van der Waals surface area contributed by atoms with Crippen LogP contribution in [0.15, 0.2) is 28.3 Å². The van der Waals surface area contributed by atoms with E-state index in [9.17, 15) is 91.1 Å². The summed E-state index contributed by atoms with van der Waals surface area (Å²) < 4.78 is 42.0. The Bertz CT molecular complexity index is 3530. The molecule has 622 valence electrons. The first-order chi connectivity index (χ1) is 52.2. The second-order valence-corrected chi connectivity index (χ2v) is 34.9. The number of aliphatic carboxylic acids is 1. The third-order valence-electron chi connectivity index (χ3n) is 25.6. The predicted molar refractivity (Wildman–Crippen MR) is 405 cm³/mol. The van der Waals surface area contributed by atoms with Crippen LogP contribution in [0.25, 0.3) is 0 Å². The molecule has 2 saturated heterocycles. The minimum Gasteiger partial charge on any atom is -0.475 e. The summed E-state index contributed by atoms with van der Waals surface area (Å²) in [4.78, 5) is 161. The monoisotopic (exact) mass is 1630 g/mol. The van der Waals surface area contributed by atoms with Crippen molar-refractivity contribution in [2.45, 2.75) is 260 Å². The van der Waals surface area contributed by atoms with Crippen LogP contribution in [0.5, 0.6) is 0 Å². The first kappa shape index (κ1) is 91.7. The number of aliphatic hydroxyl groups is 4. The number of aliphatic hydroxyl groups excluding tert-OH is 2. The number of primary amides is 2. The number of fused-ring (bicyclic) bond motifs is 11. The quantitative estimate of drug-likeness (QED) is 0.00895. The van der Waals surface area contributed by atoms with Gasteiger partial charge in [0.15, 0.2) is 36.5 Å². The highest BCUT2D eigenvalue weighted by molar-refractivity contribution is 8.00. The fraction of sp³-hybridized carbons (Fsp3) is 0.766. The van der Waals surface area contributed by atoms with Crippen molar-refractivity contribution >= 4 is 117 Å². The van der Waals surface area contributed by atoms with Crippen molar-refractivity contribution < 1.29 is 111 Å². The Morgan fingerprint density at radius 2 is 1.32 bits per heavy atom. The van der Waals surface area contributed by atoms with Crippen LogP contribution in [-0.2, 0) is 67.0 Å². The first-order valence-electron chi connectivity index (χ1n) is 38.9. The summed E-state index contributed by atoms with van der Waals surface area (Å²) in [5.74, 6) is -6.71. The fourth-order valence-corrected chi connectivity index (χ4v) is 22.4. The Morgan fingerprint density at radius 1 is 0.739 bits per heavy atom. The van der Waals surface area contributed by atoms with Crippen LogP contribution in [0.1, 0.15) is 207 Å². The molecule has 6 saturated carbocycles. The lowest BCUT2D eigenvalue weighted by molar-refractivity contribution is -0.192. The van der Waals surface area contributed by atoms with Crippen LogP contribution in [0, 0.1) is 63.6 Å². The Kier molecular flexibility index (Phi) is 33.2. The maximum atomic E-state index is 13.8. The number of hydrogen-bond donors (Lipinski definition) is 12. The number of urea groups is 1. The maximum Gasteiger partial charge on any atom is 0.490 e. The zero-order valence-corrected chi connectivity index (χ0v) is 66.3. The van der Waals surface area contributed by atoms with E-state index in [1.807, 2.05) is 25.6 Å². The van der Waals surface area contributed by atoms with E-state index in [1.54, 1.807) is 19.1 Å². The van der Waals surface area contributed by atoms with Crippen LogP contribution in [0.4, 0.5) is 18.0 Å². The molecule has 0 bridgehead atoms. The molecule has 0 spiro atoms. The standard InChI is InChI=1S/C50H77N7O11S2.C22H29ClO6.C3H7NO.C2HF3O2/c1-48-19-17-32(59)23-30(48)15-16-33-34-18-20-50(67,49(34,2)24-38(61)43(33)48)40(62)25-68-42(64)28-69-26-29(45(51)65)22-37(60)35(12-9-21-54-46(52)53)55-41(63)14-6-4-3-5-10-31(58)11-7-8-13-39-44-36(27-70-39)56-47(66)57-44;1-21-9-17(25)20-14-5-3-13(24)8-12(14)2-4-15(20)16(21)6-7-22(21,28)18(26)11-29-19(27)10-23;1-2-3(4)5;3-2(4,5)1(6)7/h23,29,33-36,38-39,43-44,61,67H,3-22,24-28H2,1-2H3,(H2,51,65)(H,55,63)(H4,52,53,54)(H2,56,57,66);8,14-17,20,25,28H,2-7,9-11H2,1H3;2H2,1H3,(H2,4,5);(H,6,7)/t29-,33-,34-,35+,36-,38-,39-,43+,44-,48-,49-,50-;14?,15-,16-,17-,20+,21-,22-;;/m00../s1. The normalized spacial score (nSPS) is 32.4. The molecule has 16 N–H and O–H groups in total. The number of unbranched alkanes of at least 4 members (excludes halogenated alkanes) is 4. The summed E-state index contributed by atoms with van der Waals surface area (Å²) in [5, 5.41) is 62.6. The van der Waals surface area contributed by atoms with E-state index in [2.05, 4.69) is 33.6 Å². The molecule has 2 heterocycles. The molecule has 10 aliphatic rings. The number of hydrogen-bond acceptors (Lipinski definition) is 22. The summed E-state index contributed by atoms with van der Waals surface area (Å²) in [7, 11) is 0. The van der Waals surface area contributed by atoms with Crippen molar-refractivity contribution in [1.82, 2.24) is 16.0 Å².